The number of nitrogens with zero attached hydrogens (tertiary/aromatic N) is 4. The van der Waals surface area contributed by atoms with Crippen LogP contribution in [0, 0.1) is 0 Å². The molecule has 1 aromatic carbocycles. The average molecular weight is 392 g/mol. The number of oxazole rings is 1. The molecule has 0 radical (unpaired) electrons. The van der Waals surface area contributed by atoms with Crippen LogP contribution in [0.5, 0.6) is 0 Å². The molecule has 3 aromatic heterocycles. The van der Waals surface area contributed by atoms with Crippen LogP contribution in [0.3, 0.4) is 0 Å². The van der Waals surface area contributed by atoms with E-state index in [4.69, 9.17) is 9.15 Å². The molecule has 4 rings (SSSR count). The molecule has 29 heavy (non-hydrogen) atoms. The molecule has 0 aliphatic rings. The van der Waals surface area contributed by atoms with E-state index >= 15 is 0 Å². The molecule has 4 aromatic rings. The summed E-state index contributed by atoms with van der Waals surface area (Å²) in [6, 6.07) is 12.7. The van der Waals surface area contributed by atoms with Gasteiger partial charge in [-0.3, -0.25) is 4.57 Å². The van der Waals surface area contributed by atoms with Crippen molar-refractivity contribution in [3.63, 3.8) is 0 Å². The quantitative estimate of drug-likeness (QED) is 0.355. The van der Waals surface area contributed by atoms with Gasteiger partial charge >= 0.3 is 11.7 Å². The van der Waals surface area contributed by atoms with Crippen molar-refractivity contribution in [3.05, 3.63) is 76.7 Å². The molecule has 0 saturated carbocycles. The SMILES string of the molecule is CCc1c(C(=O)OCCCn2c(=O)oc3ccccc32)cnn1-c1ccccn1. The predicted octanol–water partition coefficient (Wildman–Crippen LogP) is 2.98. The van der Waals surface area contributed by atoms with E-state index in [0.29, 0.717) is 36.4 Å². The number of para-hydroxylation sites is 2. The number of aromatic nitrogens is 4. The summed E-state index contributed by atoms with van der Waals surface area (Å²) in [5.41, 5.74) is 2.44. The van der Waals surface area contributed by atoms with Crippen molar-refractivity contribution in [2.24, 2.45) is 0 Å². The van der Waals surface area contributed by atoms with Crippen LogP contribution in [0.25, 0.3) is 16.9 Å². The highest BCUT2D eigenvalue weighted by molar-refractivity contribution is 5.90. The highest BCUT2D eigenvalue weighted by atomic mass is 16.5. The molecular formula is C21H20N4O4. The van der Waals surface area contributed by atoms with E-state index in [0.717, 1.165) is 11.2 Å². The molecule has 0 spiro atoms. The van der Waals surface area contributed by atoms with Crippen molar-refractivity contribution in [2.75, 3.05) is 6.61 Å². The van der Waals surface area contributed by atoms with Crippen molar-refractivity contribution in [2.45, 2.75) is 26.3 Å². The summed E-state index contributed by atoms with van der Waals surface area (Å²) in [4.78, 5) is 28.8. The number of rotatable bonds is 7. The van der Waals surface area contributed by atoms with E-state index in [-0.39, 0.29) is 6.61 Å². The van der Waals surface area contributed by atoms with Gasteiger partial charge < -0.3 is 9.15 Å². The zero-order valence-corrected chi connectivity index (χ0v) is 15.9. The van der Waals surface area contributed by atoms with Gasteiger partial charge in [-0.2, -0.15) is 5.10 Å². The van der Waals surface area contributed by atoms with Gasteiger partial charge in [-0.05, 0) is 37.1 Å². The van der Waals surface area contributed by atoms with E-state index in [1.54, 1.807) is 21.5 Å². The Labute approximate surface area is 166 Å². The van der Waals surface area contributed by atoms with Crippen molar-refractivity contribution < 1.29 is 13.9 Å². The third-order valence-electron chi connectivity index (χ3n) is 4.62. The lowest BCUT2D eigenvalue weighted by Gasteiger charge is -2.08. The molecule has 0 amide bonds. The second-order valence-corrected chi connectivity index (χ2v) is 6.44. The zero-order valence-electron chi connectivity index (χ0n) is 15.9. The van der Waals surface area contributed by atoms with Gasteiger partial charge in [0.1, 0.15) is 5.56 Å². The summed E-state index contributed by atoms with van der Waals surface area (Å²) in [6.45, 7) is 2.53. The Balaban J connectivity index is 1.41. The van der Waals surface area contributed by atoms with Crippen molar-refractivity contribution in [3.8, 4) is 5.82 Å². The largest absolute Gasteiger partial charge is 0.462 e. The van der Waals surface area contributed by atoms with Gasteiger partial charge in [-0.15, -0.1) is 0 Å². The van der Waals surface area contributed by atoms with Gasteiger partial charge in [-0.1, -0.05) is 25.1 Å². The summed E-state index contributed by atoms with van der Waals surface area (Å²) >= 11 is 0. The van der Waals surface area contributed by atoms with Gasteiger partial charge in [0.15, 0.2) is 11.4 Å². The Kier molecular flexibility index (Phi) is 5.24. The van der Waals surface area contributed by atoms with Crippen LogP contribution in [0.4, 0.5) is 0 Å². The second-order valence-electron chi connectivity index (χ2n) is 6.44. The fourth-order valence-corrected chi connectivity index (χ4v) is 3.25. The number of hydrogen-bond donors (Lipinski definition) is 0. The number of carbonyl (C=O) groups is 1. The highest BCUT2D eigenvalue weighted by Gasteiger charge is 2.19. The molecule has 0 bridgehead atoms. The topological polar surface area (TPSA) is 92.1 Å². The predicted molar refractivity (Wildman–Crippen MR) is 106 cm³/mol. The van der Waals surface area contributed by atoms with E-state index in [1.165, 1.54) is 6.20 Å². The lowest BCUT2D eigenvalue weighted by Crippen LogP contribution is -2.16. The lowest BCUT2D eigenvalue weighted by molar-refractivity contribution is 0.0494. The standard InChI is InChI=1S/C21H20N4O4/c1-2-16-15(14-23-25(16)19-10-5-6-11-22-19)20(26)28-13-7-12-24-17-8-3-4-9-18(17)29-21(24)27/h3-6,8-11,14H,2,7,12-13H2,1H3. The third-order valence-corrected chi connectivity index (χ3v) is 4.62. The Morgan fingerprint density at radius 1 is 1.17 bits per heavy atom. The fourth-order valence-electron chi connectivity index (χ4n) is 3.25. The zero-order chi connectivity index (χ0) is 20.2. The maximum absolute atomic E-state index is 12.5. The number of fused-ring (bicyclic) bond motifs is 1. The molecule has 0 fully saturated rings. The summed E-state index contributed by atoms with van der Waals surface area (Å²) in [6.07, 6.45) is 4.28. The number of ether oxygens (including phenoxy) is 1. The van der Waals surface area contributed by atoms with Crippen LogP contribution in [-0.2, 0) is 17.7 Å². The summed E-state index contributed by atoms with van der Waals surface area (Å²) in [5, 5.41) is 4.29. The Bertz CT molecular complexity index is 1190. The van der Waals surface area contributed by atoms with E-state index in [9.17, 15) is 9.59 Å². The molecule has 8 heteroatoms. The van der Waals surface area contributed by atoms with Crippen LogP contribution in [0.1, 0.15) is 29.4 Å². The summed E-state index contributed by atoms with van der Waals surface area (Å²) in [5.74, 6) is -0.203. The molecule has 0 aliphatic heterocycles. The van der Waals surface area contributed by atoms with E-state index < -0.39 is 11.7 Å². The molecule has 0 unspecified atom stereocenters. The van der Waals surface area contributed by atoms with E-state index in [1.807, 2.05) is 43.3 Å². The third kappa shape index (κ3) is 3.69. The monoisotopic (exact) mass is 392 g/mol. The lowest BCUT2D eigenvalue weighted by atomic mass is 10.2. The average Bonchev–Trinajstić information content (AvgIpc) is 3.32. The number of hydrogen-bond acceptors (Lipinski definition) is 6. The van der Waals surface area contributed by atoms with Crippen LogP contribution < -0.4 is 5.76 Å². The van der Waals surface area contributed by atoms with Crippen LogP contribution in [0.2, 0.25) is 0 Å². The Morgan fingerprint density at radius 3 is 2.79 bits per heavy atom. The van der Waals surface area contributed by atoms with Gasteiger partial charge in [0.25, 0.3) is 0 Å². The molecule has 0 saturated heterocycles. The van der Waals surface area contributed by atoms with Gasteiger partial charge in [0.05, 0.1) is 24.0 Å². The molecule has 0 aliphatic carbocycles. The molecule has 0 atom stereocenters. The maximum atomic E-state index is 12.5. The van der Waals surface area contributed by atoms with Gasteiger partial charge in [0.2, 0.25) is 0 Å². The van der Waals surface area contributed by atoms with Crippen LogP contribution in [-0.4, -0.2) is 31.9 Å². The summed E-state index contributed by atoms with van der Waals surface area (Å²) in [7, 11) is 0. The number of benzene rings is 1. The maximum Gasteiger partial charge on any atom is 0.419 e. The molecule has 148 valence electrons. The fraction of sp³-hybridized carbons (Fsp3) is 0.238. The van der Waals surface area contributed by atoms with Crippen molar-refractivity contribution in [1.29, 1.82) is 0 Å². The minimum absolute atomic E-state index is 0.183. The molecule has 8 nitrogen and oxygen atoms in total. The first-order chi connectivity index (χ1) is 14.2. The number of pyridine rings is 1. The number of esters is 1. The minimum Gasteiger partial charge on any atom is -0.462 e. The highest BCUT2D eigenvalue weighted by Crippen LogP contribution is 2.16. The van der Waals surface area contributed by atoms with E-state index in [2.05, 4.69) is 10.1 Å². The second kappa shape index (κ2) is 8.14. The first-order valence-corrected chi connectivity index (χ1v) is 9.43. The molecule has 0 N–H and O–H groups in total. The van der Waals surface area contributed by atoms with Crippen LogP contribution in [0.15, 0.2) is 64.1 Å². The Hall–Kier alpha value is -3.68. The van der Waals surface area contributed by atoms with Crippen LogP contribution >= 0.6 is 0 Å². The van der Waals surface area contributed by atoms with Gasteiger partial charge in [-0.25, -0.2) is 19.3 Å². The molecule has 3 heterocycles. The van der Waals surface area contributed by atoms with Crippen molar-refractivity contribution in [1.82, 2.24) is 19.3 Å². The number of aryl methyl sites for hydroxylation is 1. The first kappa shape index (κ1) is 18.7. The first-order valence-electron chi connectivity index (χ1n) is 9.43. The Morgan fingerprint density at radius 2 is 2.00 bits per heavy atom. The number of carbonyl (C=O) groups excluding carboxylic acids is 1. The molecular weight excluding hydrogens is 372 g/mol. The van der Waals surface area contributed by atoms with Gasteiger partial charge in [0, 0.05) is 12.7 Å². The normalized spacial score (nSPS) is 11.1. The smallest absolute Gasteiger partial charge is 0.419 e. The minimum atomic E-state index is -0.437. The summed E-state index contributed by atoms with van der Waals surface area (Å²) < 4.78 is 13.8. The van der Waals surface area contributed by atoms with Crippen molar-refractivity contribution >= 4 is 17.1 Å².